The van der Waals surface area contributed by atoms with Gasteiger partial charge in [-0.05, 0) is 13.2 Å². The van der Waals surface area contributed by atoms with Crippen molar-refractivity contribution in [3.05, 3.63) is 0 Å². The van der Waals surface area contributed by atoms with Gasteiger partial charge in [-0.3, -0.25) is 4.79 Å². The molecule has 6 heteroatoms. The lowest BCUT2D eigenvalue weighted by Gasteiger charge is -2.10. The molecule has 0 fully saturated rings. The van der Waals surface area contributed by atoms with E-state index in [0.717, 1.165) is 0 Å². The third-order valence-electron chi connectivity index (χ3n) is 1.21. The summed E-state index contributed by atoms with van der Waals surface area (Å²) in [5.41, 5.74) is 5.24. The van der Waals surface area contributed by atoms with Gasteiger partial charge < -0.3 is 16.3 Å². The Labute approximate surface area is 75.4 Å². The Kier molecular flexibility index (Phi) is 5.27. The fourth-order valence-electron chi connectivity index (χ4n) is 0.575. The van der Waals surface area contributed by atoms with Gasteiger partial charge in [0.2, 0.25) is 5.91 Å². The molecule has 12 heavy (non-hydrogen) atoms. The summed E-state index contributed by atoms with van der Waals surface area (Å²) in [5, 5.41) is 13.6. The standard InChI is InChI=1S/C6H13N3O2S/c1-4(6(7)9-11)8-5(10)3-12-2/h4,11H,3H2,1-2H3,(H2,7,9)(H,8,10). The van der Waals surface area contributed by atoms with Gasteiger partial charge in [-0.25, -0.2) is 0 Å². The zero-order valence-corrected chi connectivity index (χ0v) is 7.89. The molecule has 0 radical (unpaired) electrons. The molecule has 70 valence electrons. The van der Waals surface area contributed by atoms with E-state index in [4.69, 9.17) is 10.9 Å². The van der Waals surface area contributed by atoms with E-state index >= 15 is 0 Å². The molecule has 0 heterocycles. The normalized spacial score (nSPS) is 14.0. The van der Waals surface area contributed by atoms with Crippen LogP contribution < -0.4 is 11.1 Å². The second-order valence-corrected chi connectivity index (χ2v) is 3.11. The van der Waals surface area contributed by atoms with E-state index in [0.29, 0.717) is 5.75 Å². The number of amidine groups is 1. The van der Waals surface area contributed by atoms with Gasteiger partial charge in [0.05, 0.1) is 11.8 Å². The van der Waals surface area contributed by atoms with E-state index in [2.05, 4.69) is 10.5 Å². The summed E-state index contributed by atoms with van der Waals surface area (Å²) in [6.45, 7) is 1.65. The quantitative estimate of drug-likeness (QED) is 0.244. The monoisotopic (exact) mass is 191 g/mol. The first-order valence-corrected chi connectivity index (χ1v) is 4.77. The van der Waals surface area contributed by atoms with Crippen LogP contribution in [0, 0.1) is 0 Å². The smallest absolute Gasteiger partial charge is 0.230 e. The molecule has 5 nitrogen and oxygen atoms in total. The molecule has 0 rings (SSSR count). The van der Waals surface area contributed by atoms with Crippen molar-refractivity contribution in [3.63, 3.8) is 0 Å². The van der Waals surface area contributed by atoms with Crippen LogP contribution in [0.5, 0.6) is 0 Å². The van der Waals surface area contributed by atoms with Gasteiger partial charge in [0.15, 0.2) is 5.84 Å². The van der Waals surface area contributed by atoms with E-state index in [1.807, 2.05) is 6.26 Å². The predicted octanol–water partition coefficient (Wildman–Crippen LogP) is -0.399. The summed E-state index contributed by atoms with van der Waals surface area (Å²) in [4.78, 5) is 10.9. The van der Waals surface area contributed by atoms with Crippen LogP contribution in [0.25, 0.3) is 0 Å². The third-order valence-corrected chi connectivity index (χ3v) is 1.76. The van der Waals surface area contributed by atoms with Crippen molar-refractivity contribution in [2.75, 3.05) is 12.0 Å². The highest BCUT2D eigenvalue weighted by Crippen LogP contribution is 1.91. The fraction of sp³-hybridized carbons (Fsp3) is 0.667. The van der Waals surface area contributed by atoms with Crippen molar-refractivity contribution in [3.8, 4) is 0 Å². The third kappa shape index (κ3) is 4.07. The Morgan fingerprint density at radius 2 is 2.42 bits per heavy atom. The molecule has 0 spiro atoms. The minimum atomic E-state index is -0.422. The molecule has 0 aromatic rings. The number of amides is 1. The molecule has 4 N–H and O–H groups in total. The van der Waals surface area contributed by atoms with Crippen LogP contribution in [-0.4, -0.2) is 35.0 Å². The predicted molar refractivity (Wildman–Crippen MR) is 49.4 cm³/mol. The van der Waals surface area contributed by atoms with Gasteiger partial charge in [0.1, 0.15) is 0 Å². The van der Waals surface area contributed by atoms with E-state index in [-0.39, 0.29) is 11.7 Å². The molecule has 1 amide bonds. The number of nitrogens with two attached hydrogens (primary N) is 1. The van der Waals surface area contributed by atoms with Gasteiger partial charge >= 0.3 is 0 Å². The van der Waals surface area contributed by atoms with Crippen LogP contribution in [0.4, 0.5) is 0 Å². The number of oxime groups is 1. The minimum absolute atomic E-state index is 0.00412. The van der Waals surface area contributed by atoms with Crippen molar-refractivity contribution in [2.24, 2.45) is 10.9 Å². The molecule has 0 aromatic carbocycles. The first-order chi connectivity index (χ1) is 5.61. The lowest BCUT2D eigenvalue weighted by Crippen LogP contribution is -2.43. The van der Waals surface area contributed by atoms with Crippen molar-refractivity contribution < 1.29 is 10.0 Å². The maximum Gasteiger partial charge on any atom is 0.230 e. The van der Waals surface area contributed by atoms with Crippen molar-refractivity contribution in [2.45, 2.75) is 13.0 Å². The number of carbonyl (C=O) groups is 1. The van der Waals surface area contributed by atoms with E-state index < -0.39 is 6.04 Å². The van der Waals surface area contributed by atoms with Crippen LogP contribution in [0.3, 0.4) is 0 Å². The highest BCUT2D eigenvalue weighted by atomic mass is 32.2. The molecule has 0 aromatic heterocycles. The summed E-state index contributed by atoms with van der Waals surface area (Å²) in [7, 11) is 0. The molecule has 1 atom stereocenters. The summed E-state index contributed by atoms with van der Waals surface area (Å²) in [6, 6.07) is -0.422. The molecule has 0 aliphatic carbocycles. The van der Waals surface area contributed by atoms with Gasteiger partial charge in [0, 0.05) is 0 Å². The molecule has 0 aliphatic rings. The number of nitrogens with zero attached hydrogens (tertiary/aromatic N) is 1. The van der Waals surface area contributed by atoms with Gasteiger partial charge in [0.25, 0.3) is 0 Å². The Morgan fingerprint density at radius 3 is 2.83 bits per heavy atom. The first kappa shape index (κ1) is 11.1. The summed E-state index contributed by atoms with van der Waals surface area (Å²) >= 11 is 1.42. The number of nitrogens with one attached hydrogen (secondary N) is 1. The lowest BCUT2D eigenvalue weighted by atomic mass is 10.3. The zero-order chi connectivity index (χ0) is 9.56. The summed E-state index contributed by atoms with van der Waals surface area (Å²) in [6.07, 6.45) is 1.83. The number of rotatable bonds is 4. The topological polar surface area (TPSA) is 87.7 Å². The Hall–Kier alpha value is -0.910. The molecule has 0 bridgehead atoms. The lowest BCUT2D eigenvalue weighted by molar-refractivity contribution is -0.118. The van der Waals surface area contributed by atoms with E-state index in [1.54, 1.807) is 6.92 Å². The Morgan fingerprint density at radius 1 is 1.83 bits per heavy atom. The zero-order valence-electron chi connectivity index (χ0n) is 7.07. The SMILES string of the molecule is CSCC(=O)NC(C)C(N)=NO. The molecule has 0 aliphatic heterocycles. The number of thioether (sulfide) groups is 1. The number of hydrogen-bond acceptors (Lipinski definition) is 4. The van der Waals surface area contributed by atoms with Gasteiger partial charge in [-0.2, -0.15) is 11.8 Å². The first-order valence-electron chi connectivity index (χ1n) is 3.37. The Bertz CT molecular complexity index is 184. The van der Waals surface area contributed by atoms with Crippen LogP contribution >= 0.6 is 11.8 Å². The Balaban J connectivity index is 3.84. The summed E-state index contributed by atoms with van der Waals surface area (Å²) in [5.74, 6) is 0.259. The molecule has 0 saturated heterocycles. The average molecular weight is 191 g/mol. The van der Waals surface area contributed by atoms with E-state index in [1.165, 1.54) is 11.8 Å². The maximum absolute atomic E-state index is 10.9. The summed E-state index contributed by atoms with van der Waals surface area (Å²) < 4.78 is 0. The second-order valence-electron chi connectivity index (χ2n) is 2.25. The van der Waals surface area contributed by atoms with E-state index in [9.17, 15) is 4.79 Å². The maximum atomic E-state index is 10.9. The minimum Gasteiger partial charge on any atom is -0.409 e. The molecular formula is C6H13N3O2S. The molecule has 0 saturated carbocycles. The van der Waals surface area contributed by atoms with Crippen LogP contribution in [0.2, 0.25) is 0 Å². The van der Waals surface area contributed by atoms with Crippen LogP contribution in [-0.2, 0) is 4.79 Å². The van der Waals surface area contributed by atoms with Crippen molar-refractivity contribution in [1.82, 2.24) is 5.32 Å². The van der Waals surface area contributed by atoms with Gasteiger partial charge in [-0.15, -0.1) is 0 Å². The highest BCUT2D eigenvalue weighted by Gasteiger charge is 2.09. The largest absolute Gasteiger partial charge is 0.409 e. The molecular weight excluding hydrogens is 178 g/mol. The van der Waals surface area contributed by atoms with Gasteiger partial charge in [-0.1, -0.05) is 5.16 Å². The van der Waals surface area contributed by atoms with Crippen molar-refractivity contribution in [1.29, 1.82) is 0 Å². The second kappa shape index (κ2) is 5.70. The average Bonchev–Trinajstić information content (AvgIpc) is 2.03. The van der Waals surface area contributed by atoms with Crippen LogP contribution in [0.1, 0.15) is 6.92 Å². The van der Waals surface area contributed by atoms with Crippen LogP contribution in [0.15, 0.2) is 5.16 Å². The highest BCUT2D eigenvalue weighted by molar-refractivity contribution is 7.99. The van der Waals surface area contributed by atoms with Crippen molar-refractivity contribution >= 4 is 23.5 Å². The number of carbonyl (C=O) groups excluding carboxylic acids is 1. The number of hydrogen-bond donors (Lipinski definition) is 3. The fourth-order valence-corrected chi connectivity index (χ4v) is 0.920. The molecule has 1 unspecified atom stereocenters.